The largest absolute Gasteiger partial charge is 0.454 e. The summed E-state index contributed by atoms with van der Waals surface area (Å²) in [6.45, 7) is 0.902. The molecular formula is C25H34N4O3S. The molecule has 1 amide bonds. The van der Waals surface area contributed by atoms with Gasteiger partial charge in [0, 0.05) is 19.0 Å². The van der Waals surface area contributed by atoms with Gasteiger partial charge in [-0.25, -0.2) is 0 Å². The molecule has 0 radical (unpaired) electrons. The summed E-state index contributed by atoms with van der Waals surface area (Å²) in [6, 6.07) is 6.54. The lowest BCUT2D eigenvalue weighted by atomic mass is 9.68. The van der Waals surface area contributed by atoms with Gasteiger partial charge in [-0.05, 0) is 56.1 Å². The summed E-state index contributed by atoms with van der Waals surface area (Å²) >= 11 is 1.67. The lowest BCUT2D eigenvalue weighted by molar-refractivity contribution is -0.128. The summed E-state index contributed by atoms with van der Waals surface area (Å²) in [7, 11) is 0. The lowest BCUT2D eigenvalue weighted by Gasteiger charge is -2.36. The fourth-order valence-corrected chi connectivity index (χ4v) is 6.33. The van der Waals surface area contributed by atoms with E-state index in [1.807, 2.05) is 18.2 Å². The highest BCUT2D eigenvalue weighted by Gasteiger charge is 2.41. The number of carbonyl (C=O) groups excluding carboxylic acids is 1. The Labute approximate surface area is 200 Å². The van der Waals surface area contributed by atoms with Crippen LogP contribution in [-0.2, 0) is 16.6 Å². The number of nitrogens with one attached hydrogen (secondary N) is 1. The van der Waals surface area contributed by atoms with Gasteiger partial charge in [-0.15, -0.1) is 10.2 Å². The number of hydrogen-bond acceptors (Lipinski definition) is 6. The topological polar surface area (TPSA) is 78.3 Å². The monoisotopic (exact) mass is 470 g/mol. The van der Waals surface area contributed by atoms with Crippen LogP contribution in [0.25, 0.3) is 0 Å². The third kappa shape index (κ3) is 4.46. The van der Waals surface area contributed by atoms with E-state index < -0.39 is 5.41 Å². The molecule has 7 nitrogen and oxygen atoms in total. The first kappa shape index (κ1) is 22.6. The number of benzene rings is 1. The average molecular weight is 471 g/mol. The van der Waals surface area contributed by atoms with Gasteiger partial charge in [0.2, 0.25) is 12.7 Å². The van der Waals surface area contributed by atoms with Crippen LogP contribution in [0.1, 0.15) is 81.6 Å². The van der Waals surface area contributed by atoms with E-state index in [4.69, 9.17) is 9.47 Å². The van der Waals surface area contributed by atoms with Gasteiger partial charge in [0.25, 0.3) is 0 Å². The maximum absolute atomic E-state index is 13.5. The van der Waals surface area contributed by atoms with Crippen LogP contribution in [0.2, 0.25) is 0 Å². The van der Waals surface area contributed by atoms with Crippen LogP contribution in [-0.4, -0.2) is 40.3 Å². The van der Waals surface area contributed by atoms with Gasteiger partial charge in [0.05, 0.1) is 5.41 Å². The molecule has 178 valence electrons. The number of thioether (sulfide) groups is 1. The minimum atomic E-state index is -0.477. The van der Waals surface area contributed by atoms with Crippen LogP contribution in [0.4, 0.5) is 0 Å². The Bertz CT molecular complexity index is 980. The molecule has 0 unspecified atom stereocenters. The van der Waals surface area contributed by atoms with E-state index in [1.54, 1.807) is 11.8 Å². The number of hydrogen-bond donors (Lipinski definition) is 1. The molecule has 0 saturated heterocycles. The third-order valence-corrected chi connectivity index (χ3v) is 8.18. The van der Waals surface area contributed by atoms with Gasteiger partial charge >= 0.3 is 0 Å². The van der Waals surface area contributed by atoms with Crippen LogP contribution in [0.3, 0.4) is 0 Å². The van der Waals surface area contributed by atoms with E-state index in [0.29, 0.717) is 12.6 Å². The Kier molecular flexibility index (Phi) is 6.81. The molecule has 0 spiro atoms. The van der Waals surface area contributed by atoms with E-state index in [2.05, 4.69) is 26.3 Å². The predicted molar refractivity (Wildman–Crippen MR) is 128 cm³/mol. The Morgan fingerprint density at radius 2 is 1.91 bits per heavy atom. The second kappa shape index (κ2) is 9.95. The second-order valence-corrected chi connectivity index (χ2v) is 10.3. The molecule has 33 heavy (non-hydrogen) atoms. The van der Waals surface area contributed by atoms with E-state index in [-0.39, 0.29) is 12.7 Å². The standard InChI is InChI=1S/C25H34N4O3S/c1-33-24-28-27-22(29(24)19-8-3-4-9-19)10-7-15-26-23(30)25(13-5-2-6-14-25)18-11-12-20-21(16-18)32-17-31-20/h11-12,16,19H,2-10,13-15,17H2,1H3,(H,26,30). The maximum Gasteiger partial charge on any atom is 0.231 e. The van der Waals surface area contributed by atoms with Gasteiger partial charge in [-0.2, -0.15) is 0 Å². The SMILES string of the molecule is CSc1nnc(CCCNC(=O)C2(c3ccc4c(c3)OCO4)CCCCC2)n1C1CCCC1. The molecular weight excluding hydrogens is 436 g/mol. The van der Waals surface area contributed by atoms with Crippen molar-refractivity contribution in [3.63, 3.8) is 0 Å². The smallest absolute Gasteiger partial charge is 0.231 e. The van der Waals surface area contributed by atoms with Crippen molar-refractivity contribution in [2.45, 2.75) is 87.2 Å². The van der Waals surface area contributed by atoms with Gasteiger partial charge in [-0.3, -0.25) is 4.79 Å². The number of ether oxygens (including phenoxy) is 2. The molecule has 2 heterocycles. The maximum atomic E-state index is 13.5. The highest BCUT2D eigenvalue weighted by atomic mass is 32.2. The quantitative estimate of drug-likeness (QED) is 0.441. The van der Waals surface area contributed by atoms with Gasteiger partial charge in [0.1, 0.15) is 5.82 Å². The molecule has 1 aromatic heterocycles. The Morgan fingerprint density at radius 3 is 2.70 bits per heavy atom. The summed E-state index contributed by atoms with van der Waals surface area (Å²) in [4.78, 5) is 13.5. The summed E-state index contributed by atoms with van der Waals surface area (Å²) in [5.41, 5.74) is 0.573. The molecule has 1 N–H and O–H groups in total. The highest BCUT2D eigenvalue weighted by molar-refractivity contribution is 7.98. The number of amides is 1. The van der Waals surface area contributed by atoms with E-state index in [9.17, 15) is 4.79 Å². The normalized spacial score (nSPS) is 19.7. The van der Waals surface area contributed by atoms with E-state index in [1.165, 1.54) is 32.1 Å². The Balaban J connectivity index is 1.24. The van der Waals surface area contributed by atoms with E-state index in [0.717, 1.165) is 66.6 Å². The molecule has 2 aromatic rings. The van der Waals surface area contributed by atoms with Crippen LogP contribution in [0, 0.1) is 0 Å². The number of carbonyl (C=O) groups is 1. The van der Waals surface area contributed by atoms with Crippen molar-refractivity contribution in [1.29, 1.82) is 0 Å². The second-order valence-electron chi connectivity index (χ2n) is 9.48. The summed E-state index contributed by atoms with van der Waals surface area (Å²) in [6.07, 6.45) is 13.9. The molecule has 1 aromatic carbocycles. The van der Waals surface area contributed by atoms with Crippen LogP contribution in [0.15, 0.2) is 23.4 Å². The molecule has 2 aliphatic carbocycles. The van der Waals surface area contributed by atoms with Crippen molar-refractivity contribution in [2.24, 2.45) is 0 Å². The first-order valence-corrected chi connectivity index (χ1v) is 13.6. The summed E-state index contributed by atoms with van der Waals surface area (Å²) in [5.74, 6) is 2.72. The zero-order valence-corrected chi connectivity index (χ0v) is 20.3. The Hall–Kier alpha value is -2.22. The van der Waals surface area contributed by atoms with Gasteiger partial charge < -0.3 is 19.4 Å². The highest BCUT2D eigenvalue weighted by Crippen LogP contribution is 2.43. The fraction of sp³-hybridized carbons (Fsp3) is 0.640. The molecule has 8 heteroatoms. The fourth-order valence-electron chi connectivity index (χ4n) is 5.76. The van der Waals surface area contributed by atoms with Crippen molar-refractivity contribution < 1.29 is 14.3 Å². The molecule has 0 atom stereocenters. The Morgan fingerprint density at radius 1 is 1.12 bits per heavy atom. The predicted octanol–water partition coefficient (Wildman–Crippen LogP) is 4.79. The van der Waals surface area contributed by atoms with Crippen molar-refractivity contribution >= 4 is 17.7 Å². The first-order valence-electron chi connectivity index (χ1n) is 12.4. The van der Waals surface area contributed by atoms with E-state index >= 15 is 0 Å². The number of aromatic nitrogens is 3. The van der Waals surface area contributed by atoms with Crippen LogP contribution in [0.5, 0.6) is 11.5 Å². The molecule has 3 aliphatic rings. The molecule has 2 fully saturated rings. The van der Waals surface area contributed by atoms with Crippen molar-refractivity contribution in [1.82, 2.24) is 20.1 Å². The zero-order valence-electron chi connectivity index (χ0n) is 19.5. The van der Waals surface area contributed by atoms with Gasteiger partial charge in [0.15, 0.2) is 16.7 Å². The first-order chi connectivity index (χ1) is 16.2. The minimum Gasteiger partial charge on any atom is -0.454 e. The number of nitrogens with zero attached hydrogens (tertiary/aromatic N) is 3. The van der Waals surface area contributed by atoms with Crippen LogP contribution >= 0.6 is 11.8 Å². The zero-order chi connectivity index (χ0) is 22.7. The van der Waals surface area contributed by atoms with Crippen LogP contribution < -0.4 is 14.8 Å². The third-order valence-electron chi connectivity index (χ3n) is 7.54. The number of aryl methyl sites for hydroxylation is 1. The number of fused-ring (bicyclic) bond motifs is 1. The summed E-state index contributed by atoms with van der Waals surface area (Å²) in [5, 5.41) is 13.2. The van der Waals surface area contributed by atoms with Gasteiger partial charge in [-0.1, -0.05) is 49.9 Å². The lowest BCUT2D eigenvalue weighted by Crippen LogP contribution is -2.46. The molecule has 0 bridgehead atoms. The van der Waals surface area contributed by atoms with Crippen molar-refractivity contribution in [2.75, 3.05) is 19.6 Å². The molecule has 5 rings (SSSR count). The summed E-state index contributed by atoms with van der Waals surface area (Å²) < 4.78 is 13.4. The van der Waals surface area contributed by atoms with Crippen molar-refractivity contribution in [3.8, 4) is 11.5 Å². The molecule has 2 saturated carbocycles. The number of rotatable bonds is 8. The van der Waals surface area contributed by atoms with Crippen molar-refractivity contribution in [3.05, 3.63) is 29.6 Å². The minimum absolute atomic E-state index is 0.142. The average Bonchev–Trinajstić information content (AvgIpc) is 3.61. The molecule has 1 aliphatic heterocycles.